The highest BCUT2D eigenvalue weighted by Crippen LogP contribution is 2.51. The van der Waals surface area contributed by atoms with Gasteiger partial charge in [0.2, 0.25) is 8.38 Å². The highest BCUT2D eigenvalue weighted by molar-refractivity contribution is 7.52. The molecule has 0 aromatic rings. The number of allylic oxidation sites excluding steroid dienone is 1. The zero-order valence-corrected chi connectivity index (χ0v) is 10.1. The number of ether oxygens (including phenoxy) is 1. The van der Waals surface area contributed by atoms with E-state index in [1.54, 1.807) is 6.92 Å². The van der Waals surface area contributed by atoms with Crippen LogP contribution in [0.5, 0.6) is 0 Å². The lowest BCUT2D eigenvalue weighted by atomic mass is 10.3. The molecule has 0 radical (unpaired) electrons. The van der Waals surface area contributed by atoms with E-state index in [9.17, 15) is 4.79 Å². The third-order valence-electron chi connectivity index (χ3n) is 1.81. The van der Waals surface area contributed by atoms with Gasteiger partial charge >= 0.3 is 5.97 Å². The highest BCUT2D eigenvalue weighted by atomic mass is 31.2. The molecule has 1 rings (SSSR count). The van der Waals surface area contributed by atoms with Gasteiger partial charge in [0.25, 0.3) is 0 Å². The van der Waals surface area contributed by atoms with Gasteiger partial charge in [-0.3, -0.25) is 4.79 Å². The predicted molar refractivity (Wildman–Crippen MR) is 58.4 cm³/mol. The Morgan fingerprint density at radius 3 is 2.60 bits per heavy atom. The van der Waals surface area contributed by atoms with Crippen LogP contribution in [0.15, 0.2) is 11.4 Å². The number of esters is 1. The van der Waals surface area contributed by atoms with Crippen LogP contribution >= 0.6 is 8.38 Å². The summed E-state index contributed by atoms with van der Waals surface area (Å²) in [5, 5.41) is 0.934. The van der Waals surface area contributed by atoms with Gasteiger partial charge in [0, 0.05) is 5.31 Å². The van der Waals surface area contributed by atoms with Crippen molar-refractivity contribution >= 4 is 14.3 Å². The molecule has 5 heteroatoms. The molecular weight excluding hydrogens is 215 g/mol. The molecule has 1 aliphatic heterocycles. The Hall–Kier alpha value is -0.440. The summed E-state index contributed by atoms with van der Waals surface area (Å²) in [7, 11) is -0.997. The molecular formula is C10H17O4P. The van der Waals surface area contributed by atoms with Crippen molar-refractivity contribution < 1.29 is 18.6 Å². The van der Waals surface area contributed by atoms with Crippen LogP contribution < -0.4 is 0 Å². The fourth-order valence-electron chi connectivity index (χ4n) is 1.25. The Morgan fingerprint density at radius 2 is 2.07 bits per heavy atom. The first-order valence-electron chi connectivity index (χ1n) is 5.18. The average molecular weight is 232 g/mol. The Bertz CT molecular complexity index is 234. The van der Waals surface area contributed by atoms with Gasteiger partial charge in [-0.2, -0.15) is 0 Å². The zero-order valence-electron chi connectivity index (χ0n) is 9.19. The number of carbonyl (C=O) groups is 1. The van der Waals surface area contributed by atoms with Crippen molar-refractivity contribution in [3.8, 4) is 0 Å². The summed E-state index contributed by atoms with van der Waals surface area (Å²) in [6, 6.07) is 0. The molecule has 0 bridgehead atoms. The molecule has 0 N–H and O–H groups in total. The molecule has 4 nitrogen and oxygen atoms in total. The van der Waals surface area contributed by atoms with Crippen LogP contribution in [-0.2, 0) is 18.6 Å². The molecule has 1 fully saturated rings. The van der Waals surface area contributed by atoms with Crippen molar-refractivity contribution in [1.82, 2.24) is 0 Å². The van der Waals surface area contributed by atoms with Gasteiger partial charge in [0.15, 0.2) is 0 Å². The molecule has 86 valence electrons. The second kappa shape index (κ2) is 6.94. The first-order chi connectivity index (χ1) is 7.27. The standard InChI is InChI=1S/C10H17O4P/c1-3-5-9(8-10(11)12-4-2)15-13-6-7-14-15/h5H,3-4,6-8H2,1-2H3/b9-5+. The van der Waals surface area contributed by atoms with Crippen molar-refractivity contribution in [3.63, 3.8) is 0 Å². The molecule has 0 amide bonds. The summed E-state index contributed by atoms with van der Waals surface area (Å²) >= 11 is 0. The number of hydrogen-bond donors (Lipinski definition) is 0. The normalized spacial score (nSPS) is 18.1. The summed E-state index contributed by atoms with van der Waals surface area (Å²) in [5.74, 6) is -0.209. The third kappa shape index (κ3) is 4.29. The maximum Gasteiger partial charge on any atom is 0.310 e. The SMILES string of the molecule is CC/C=C(\CC(=O)OCC)P1OCCO1. The van der Waals surface area contributed by atoms with E-state index in [4.69, 9.17) is 13.8 Å². The van der Waals surface area contributed by atoms with Crippen molar-refractivity contribution in [1.29, 1.82) is 0 Å². The van der Waals surface area contributed by atoms with Gasteiger partial charge in [-0.1, -0.05) is 13.0 Å². The molecule has 0 atom stereocenters. The van der Waals surface area contributed by atoms with Crippen LogP contribution in [0.25, 0.3) is 0 Å². The number of rotatable bonds is 5. The van der Waals surface area contributed by atoms with Gasteiger partial charge in [-0.15, -0.1) is 0 Å². The molecule has 1 aliphatic rings. The lowest BCUT2D eigenvalue weighted by molar-refractivity contribution is -0.142. The molecule has 1 saturated heterocycles. The number of carbonyl (C=O) groups excluding carboxylic acids is 1. The van der Waals surface area contributed by atoms with Crippen molar-refractivity contribution in [2.45, 2.75) is 26.7 Å². The van der Waals surface area contributed by atoms with E-state index in [1.807, 2.05) is 13.0 Å². The van der Waals surface area contributed by atoms with Crippen LogP contribution in [-0.4, -0.2) is 25.8 Å². The van der Waals surface area contributed by atoms with E-state index < -0.39 is 8.38 Å². The second-order valence-corrected chi connectivity index (χ2v) is 4.61. The van der Waals surface area contributed by atoms with E-state index in [-0.39, 0.29) is 12.4 Å². The van der Waals surface area contributed by atoms with E-state index in [0.29, 0.717) is 19.8 Å². The summed E-state index contributed by atoms with van der Waals surface area (Å²) < 4.78 is 15.7. The molecule has 0 unspecified atom stereocenters. The quantitative estimate of drug-likeness (QED) is 0.540. The fourth-order valence-corrected chi connectivity index (χ4v) is 2.73. The maximum absolute atomic E-state index is 11.3. The van der Waals surface area contributed by atoms with Gasteiger partial charge < -0.3 is 13.8 Å². The average Bonchev–Trinajstić information content (AvgIpc) is 2.70. The van der Waals surface area contributed by atoms with Crippen LogP contribution in [0.2, 0.25) is 0 Å². The van der Waals surface area contributed by atoms with Gasteiger partial charge in [-0.05, 0) is 13.3 Å². The second-order valence-electron chi connectivity index (χ2n) is 3.01. The summed E-state index contributed by atoms with van der Waals surface area (Å²) in [5.41, 5.74) is 0. The predicted octanol–water partition coefficient (Wildman–Crippen LogP) is 2.59. The Labute approximate surface area is 91.5 Å². The Balaban J connectivity index is 2.50. The van der Waals surface area contributed by atoms with E-state index in [0.717, 1.165) is 11.7 Å². The molecule has 0 saturated carbocycles. The highest BCUT2D eigenvalue weighted by Gasteiger charge is 2.24. The topological polar surface area (TPSA) is 44.8 Å². The van der Waals surface area contributed by atoms with Crippen LogP contribution in [0.1, 0.15) is 26.7 Å². The first-order valence-corrected chi connectivity index (χ1v) is 6.36. The minimum Gasteiger partial charge on any atom is -0.466 e. The summed E-state index contributed by atoms with van der Waals surface area (Å²) in [6.07, 6.45) is 3.15. The largest absolute Gasteiger partial charge is 0.466 e. The minimum absolute atomic E-state index is 0.209. The molecule has 15 heavy (non-hydrogen) atoms. The lowest BCUT2D eigenvalue weighted by Crippen LogP contribution is -2.04. The summed E-state index contributed by atoms with van der Waals surface area (Å²) in [6.45, 7) is 5.48. The van der Waals surface area contributed by atoms with Gasteiger partial charge in [0.1, 0.15) is 0 Å². The monoisotopic (exact) mass is 232 g/mol. The van der Waals surface area contributed by atoms with Gasteiger partial charge in [0.05, 0.1) is 26.2 Å². The minimum atomic E-state index is -0.997. The first kappa shape index (κ1) is 12.6. The van der Waals surface area contributed by atoms with E-state index in [1.165, 1.54) is 0 Å². The molecule has 0 aromatic carbocycles. The van der Waals surface area contributed by atoms with E-state index >= 15 is 0 Å². The van der Waals surface area contributed by atoms with Gasteiger partial charge in [-0.25, -0.2) is 0 Å². The van der Waals surface area contributed by atoms with Crippen molar-refractivity contribution in [2.24, 2.45) is 0 Å². The zero-order chi connectivity index (χ0) is 11.1. The lowest BCUT2D eigenvalue weighted by Gasteiger charge is -2.11. The number of hydrogen-bond acceptors (Lipinski definition) is 4. The fraction of sp³-hybridized carbons (Fsp3) is 0.700. The third-order valence-corrected chi connectivity index (χ3v) is 3.45. The summed E-state index contributed by atoms with van der Waals surface area (Å²) in [4.78, 5) is 11.3. The van der Waals surface area contributed by atoms with Crippen LogP contribution in [0, 0.1) is 0 Å². The molecule has 0 spiro atoms. The smallest absolute Gasteiger partial charge is 0.310 e. The Kier molecular flexibility index (Phi) is 5.84. The van der Waals surface area contributed by atoms with E-state index in [2.05, 4.69) is 0 Å². The van der Waals surface area contributed by atoms with Crippen molar-refractivity contribution in [2.75, 3.05) is 19.8 Å². The molecule has 1 heterocycles. The molecule has 0 aliphatic carbocycles. The molecule has 0 aromatic heterocycles. The maximum atomic E-state index is 11.3. The Morgan fingerprint density at radius 1 is 1.40 bits per heavy atom. The van der Waals surface area contributed by atoms with Crippen molar-refractivity contribution in [3.05, 3.63) is 11.4 Å². The van der Waals surface area contributed by atoms with Crippen LogP contribution in [0.3, 0.4) is 0 Å². The van der Waals surface area contributed by atoms with Crippen LogP contribution in [0.4, 0.5) is 0 Å².